The summed E-state index contributed by atoms with van der Waals surface area (Å²) in [5.74, 6) is 0.709. The van der Waals surface area contributed by atoms with Gasteiger partial charge in [0.15, 0.2) is 0 Å². The molecule has 0 bridgehead atoms. The van der Waals surface area contributed by atoms with Crippen molar-refractivity contribution in [2.24, 2.45) is 5.92 Å². The third kappa shape index (κ3) is 4.03. The van der Waals surface area contributed by atoms with Crippen molar-refractivity contribution < 1.29 is 4.79 Å². The Kier molecular flexibility index (Phi) is 4.92. The van der Waals surface area contributed by atoms with Crippen LogP contribution in [0.3, 0.4) is 0 Å². The number of carbonyl (C=O) groups excluding carboxylic acids is 1. The molecule has 0 aliphatic carbocycles. The molecular weight excluding hydrogens is 336 g/mol. The minimum Gasteiger partial charge on any atom is -0.372 e. The van der Waals surface area contributed by atoms with E-state index in [2.05, 4.69) is 34.4 Å². The number of nitrogens with one attached hydrogen (secondary N) is 1. The van der Waals surface area contributed by atoms with Gasteiger partial charge in [0.25, 0.3) is 5.91 Å². The average molecular weight is 360 g/mol. The van der Waals surface area contributed by atoms with Gasteiger partial charge < -0.3 is 10.2 Å². The van der Waals surface area contributed by atoms with Crippen LogP contribution >= 0.6 is 0 Å². The number of aromatic nitrogens is 2. The Bertz CT molecular complexity index is 877. The number of anilines is 2. The highest BCUT2D eigenvalue weighted by Gasteiger charge is 2.16. The fourth-order valence-electron chi connectivity index (χ4n) is 3.41. The highest BCUT2D eigenvalue weighted by molar-refractivity contribution is 6.04. The number of carbonyl (C=O) groups is 1. The molecule has 5 nitrogen and oxygen atoms in total. The third-order valence-corrected chi connectivity index (χ3v) is 5.17. The predicted octanol–water partition coefficient (Wildman–Crippen LogP) is 4.36. The van der Waals surface area contributed by atoms with Crippen LogP contribution in [-0.4, -0.2) is 28.8 Å². The third-order valence-electron chi connectivity index (χ3n) is 5.17. The monoisotopic (exact) mass is 360 g/mol. The second-order valence-corrected chi connectivity index (χ2v) is 7.17. The van der Waals surface area contributed by atoms with Crippen LogP contribution in [0.1, 0.15) is 30.1 Å². The number of benzene rings is 2. The van der Waals surface area contributed by atoms with E-state index >= 15 is 0 Å². The smallest absolute Gasteiger partial charge is 0.255 e. The van der Waals surface area contributed by atoms with E-state index in [-0.39, 0.29) is 5.91 Å². The number of rotatable bonds is 4. The molecule has 138 valence electrons. The summed E-state index contributed by atoms with van der Waals surface area (Å²) in [5, 5.41) is 7.16. The molecule has 0 radical (unpaired) electrons. The zero-order valence-electron chi connectivity index (χ0n) is 15.5. The van der Waals surface area contributed by atoms with Crippen LogP contribution < -0.4 is 10.2 Å². The Morgan fingerprint density at radius 2 is 1.67 bits per heavy atom. The molecule has 0 saturated carbocycles. The summed E-state index contributed by atoms with van der Waals surface area (Å²) in [7, 11) is 0. The second kappa shape index (κ2) is 7.66. The van der Waals surface area contributed by atoms with Crippen LogP contribution in [0.15, 0.2) is 67.0 Å². The molecule has 2 heterocycles. The van der Waals surface area contributed by atoms with Gasteiger partial charge in [-0.3, -0.25) is 4.79 Å². The molecule has 1 amide bonds. The first-order chi connectivity index (χ1) is 13.2. The number of hydrogen-bond acceptors (Lipinski definition) is 3. The van der Waals surface area contributed by atoms with E-state index < -0.39 is 0 Å². The molecule has 5 heteroatoms. The molecule has 0 unspecified atom stereocenters. The molecule has 4 rings (SSSR count). The molecule has 1 saturated heterocycles. The van der Waals surface area contributed by atoms with Crippen molar-refractivity contribution in [2.75, 3.05) is 23.3 Å². The SMILES string of the molecule is CC1CCN(c2ccc(NC(=O)c3ccc(-n4cccn4)cc3)cc2)CC1. The van der Waals surface area contributed by atoms with Crippen LogP contribution in [0.5, 0.6) is 0 Å². The Balaban J connectivity index is 1.39. The molecule has 1 aliphatic heterocycles. The van der Waals surface area contributed by atoms with E-state index in [1.165, 1.54) is 18.5 Å². The number of piperidine rings is 1. The standard InChI is InChI=1S/C22H24N4O/c1-17-11-15-25(16-12-17)20-9-5-19(6-10-20)24-22(27)18-3-7-21(8-4-18)26-14-2-13-23-26/h2-10,13-14,17H,11-12,15-16H2,1H3,(H,24,27). The van der Waals surface area contributed by atoms with Crippen molar-refractivity contribution in [3.8, 4) is 5.69 Å². The van der Waals surface area contributed by atoms with Gasteiger partial charge in [0, 0.05) is 42.4 Å². The first kappa shape index (κ1) is 17.3. The van der Waals surface area contributed by atoms with E-state index in [4.69, 9.17) is 0 Å². The number of nitrogens with zero attached hydrogens (tertiary/aromatic N) is 3. The van der Waals surface area contributed by atoms with E-state index in [1.54, 1.807) is 10.9 Å². The van der Waals surface area contributed by atoms with Crippen LogP contribution in [0.4, 0.5) is 11.4 Å². The van der Waals surface area contributed by atoms with Gasteiger partial charge in [-0.05, 0) is 73.4 Å². The van der Waals surface area contributed by atoms with Crippen molar-refractivity contribution >= 4 is 17.3 Å². The van der Waals surface area contributed by atoms with Crippen LogP contribution in [-0.2, 0) is 0 Å². The maximum absolute atomic E-state index is 12.5. The molecule has 0 spiro atoms. The average Bonchev–Trinajstić information content (AvgIpc) is 3.24. The number of hydrogen-bond donors (Lipinski definition) is 1. The van der Waals surface area contributed by atoms with Crippen molar-refractivity contribution in [3.05, 3.63) is 72.6 Å². The van der Waals surface area contributed by atoms with Crippen LogP contribution in [0, 0.1) is 5.92 Å². The first-order valence-corrected chi connectivity index (χ1v) is 9.45. The van der Waals surface area contributed by atoms with Crippen molar-refractivity contribution in [1.82, 2.24) is 9.78 Å². The lowest BCUT2D eigenvalue weighted by Gasteiger charge is -2.32. The van der Waals surface area contributed by atoms with Gasteiger partial charge in [-0.1, -0.05) is 6.92 Å². The summed E-state index contributed by atoms with van der Waals surface area (Å²) < 4.78 is 1.77. The first-order valence-electron chi connectivity index (χ1n) is 9.45. The Morgan fingerprint density at radius 3 is 2.30 bits per heavy atom. The predicted molar refractivity (Wildman–Crippen MR) is 109 cm³/mol. The fraction of sp³-hybridized carbons (Fsp3) is 0.273. The fourth-order valence-corrected chi connectivity index (χ4v) is 3.41. The van der Waals surface area contributed by atoms with Gasteiger partial charge in [0.05, 0.1) is 5.69 Å². The van der Waals surface area contributed by atoms with Gasteiger partial charge >= 0.3 is 0 Å². The maximum Gasteiger partial charge on any atom is 0.255 e. The molecule has 2 aromatic carbocycles. The van der Waals surface area contributed by atoms with E-state index in [1.807, 2.05) is 48.7 Å². The van der Waals surface area contributed by atoms with Crippen molar-refractivity contribution in [2.45, 2.75) is 19.8 Å². The van der Waals surface area contributed by atoms with Crippen molar-refractivity contribution in [1.29, 1.82) is 0 Å². The minimum atomic E-state index is -0.110. The van der Waals surface area contributed by atoms with Gasteiger partial charge in [0.1, 0.15) is 0 Å². The van der Waals surface area contributed by atoms with Gasteiger partial charge in [-0.2, -0.15) is 5.10 Å². The highest BCUT2D eigenvalue weighted by Crippen LogP contribution is 2.24. The molecule has 1 fully saturated rings. The van der Waals surface area contributed by atoms with Gasteiger partial charge in [0.2, 0.25) is 0 Å². The summed E-state index contributed by atoms with van der Waals surface area (Å²) in [5.41, 5.74) is 3.59. The lowest BCUT2D eigenvalue weighted by atomic mass is 9.99. The molecule has 1 aliphatic rings. The normalized spacial score (nSPS) is 14.9. The molecule has 27 heavy (non-hydrogen) atoms. The van der Waals surface area contributed by atoms with E-state index in [0.717, 1.165) is 30.4 Å². The molecule has 3 aromatic rings. The zero-order chi connectivity index (χ0) is 18.6. The van der Waals surface area contributed by atoms with Crippen LogP contribution in [0.25, 0.3) is 5.69 Å². The van der Waals surface area contributed by atoms with Crippen LogP contribution in [0.2, 0.25) is 0 Å². The quantitative estimate of drug-likeness (QED) is 0.752. The summed E-state index contributed by atoms with van der Waals surface area (Å²) in [6.45, 7) is 4.53. The zero-order valence-corrected chi connectivity index (χ0v) is 15.5. The molecule has 0 atom stereocenters. The van der Waals surface area contributed by atoms with Crippen molar-refractivity contribution in [3.63, 3.8) is 0 Å². The molecular formula is C22H24N4O. The lowest BCUT2D eigenvalue weighted by molar-refractivity contribution is 0.102. The van der Waals surface area contributed by atoms with Gasteiger partial charge in [-0.15, -0.1) is 0 Å². The number of amides is 1. The Hall–Kier alpha value is -3.08. The summed E-state index contributed by atoms with van der Waals surface area (Å²) in [4.78, 5) is 14.9. The second-order valence-electron chi connectivity index (χ2n) is 7.17. The van der Waals surface area contributed by atoms with E-state index in [9.17, 15) is 4.79 Å². The molecule has 1 N–H and O–H groups in total. The van der Waals surface area contributed by atoms with Gasteiger partial charge in [-0.25, -0.2) is 4.68 Å². The highest BCUT2D eigenvalue weighted by atomic mass is 16.1. The summed E-state index contributed by atoms with van der Waals surface area (Å²) >= 11 is 0. The maximum atomic E-state index is 12.5. The largest absolute Gasteiger partial charge is 0.372 e. The lowest BCUT2D eigenvalue weighted by Crippen LogP contribution is -2.32. The molecule has 1 aromatic heterocycles. The topological polar surface area (TPSA) is 50.2 Å². The minimum absolute atomic E-state index is 0.110. The summed E-state index contributed by atoms with van der Waals surface area (Å²) in [6, 6.07) is 17.4. The Labute approximate surface area is 159 Å². The Morgan fingerprint density at radius 1 is 1.00 bits per heavy atom. The van der Waals surface area contributed by atoms with E-state index in [0.29, 0.717) is 5.56 Å². The summed E-state index contributed by atoms with van der Waals surface area (Å²) in [6.07, 6.45) is 6.09.